The average molecular weight is 334 g/mol. The first kappa shape index (κ1) is 14.3. The van der Waals surface area contributed by atoms with Crippen molar-refractivity contribution < 1.29 is 14.3 Å². The van der Waals surface area contributed by atoms with E-state index in [1.807, 2.05) is 0 Å². The number of hydrogen-bond donors (Lipinski definition) is 1. The van der Waals surface area contributed by atoms with E-state index in [4.69, 9.17) is 10.5 Å². The molecule has 0 spiro atoms. The van der Waals surface area contributed by atoms with Crippen LogP contribution in [0.15, 0.2) is 46.9 Å². The molecule has 0 heterocycles. The summed E-state index contributed by atoms with van der Waals surface area (Å²) >= 11 is 3.33. The number of hydrogen-bond acceptors (Lipinski definition) is 3. The minimum absolute atomic E-state index is 0.0192. The molecule has 0 aliphatic carbocycles. The van der Waals surface area contributed by atoms with Crippen LogP contribution < -0.4 is 10.5 Å². The van der Waals surface area contributed by atoms with E-state index in [-0.39, 0.29) is 5.78 Å². The highest BCUT2D eigenvalue weighted by atomic mass is 79.9. The number of amides is 1. The molecule has 1 amide bonds. The van der Waals surface area contributed by atoms with Gasteiger partial charge in [0.25, 0.3) is 0 Å². The van der Waals surface area contributed by atoms with Crippen molar-refractivity contribution in [3.8, 4) is 11.5 Å². The maximum atomic E-state index is 11.3. The van der Waals surface area contributed by atoms with Crippen molar-refractivity contribution in [1.82, 2.24) is 0 Å². The number of benzene rings is 2. The van der Waals surface area contributed by atoms with Crippen molar-refractivity contribution in [1.29, 1.82) is 0 Å². The zero-order valence-electron chi connectivity index (χ0n) is 10.7. The number of carbonyl (C=O) groups excluding carboxylic acids is 2. The van der Waals surface area contributed by atoms with Gasteiger partial charge in [0.2, 0.25) is 5.91 Å². The van der Waals surface area contributed by atoms with E-state index in [2.05, 4.69) is 15.9 Å². The Balaban J connectivity index is 2.19. The normalized spacial score (nSPS) is 10.1. The van der Waals surface area contributed by atoms with Crippen LogP contribution in [0.5, 0.6) is 11.5 Å². The van der Waals surface area contributed by atoms with Gasteiger partial charge >= 0.3 is 0 Å². The average Bonchev–Trinajstić information content (AvgIpc) is 2.39. The minimum Gasteiger partial charge on any atom is -0.457 e. The Hall–Kier alpha value is -2.14. The molecule has 0 aromatic heterocycles. The van der Waals surface area contributed by atoms with Crippen molar-refractivity contribution in [2.45, 2.75) is 6.92 Å². The molecule has 2 rings (SSSR count). The Kier molecular flexibility index (Phi) is 4.20. The van der Waals surface area contributed by atoms with Crippen molar-refractivity contribution in [2.24, 2.45) is 5.73 Å². The quantitative estimate of drug-likeness (QED) is 0.870. The lowest BCUT2D eigenvalue weighted by atomic mass is 10.1. The highest BCUT2D eigenvalue weighted by Gasteiger charge is 2.07. The first-order chi connectivity index (χ1) is 9.47. The largest absolute Gasteiger partial charge is 0.457 e. The fourth-order valence-electron chi connectivity index (χ4n) is 1.67. The van der Waals surface area contributed by atoms with Crippen molar-refractivity contribution in [3.63, 3.8) is 0 Å². The first-order valence-electron chi connectivity index (χ1n) is 5.85. The highest BCUT2D eigenvalue weighted by Crippen LogP contribution is 2.27. The summed E-state index contributed by atoms with van der Waals surface area (Å²) in [6.07, 6.45) is 0. The summed E-state index contributed by atoms with van der Waals surface area (Å²) in [7, 11) is 0. The summed E-state index contributed by atoms with van der Waals surface area (Å²) in [6, 6.07) is 11.6. The first-order valence-corrected chi connectivity index (χ1v) is 6.65. The molecule has 20 heavy (non-hydrogen) atoms. The van der Waals surface area contributed by atoms with Crippen molar-refractivity contribution >= 4 is 27.6 Å². The van der Waals surface area contributed by atoms with Gasteiger partial charge in [0, 0.05) is 15.6 Å². The van der Waals surface area contributed by atoms with Gasteiger partial charge in [0.1, 0.15) is 11.5 Å². The molecule has 0 aliphatic rings. The molecule has 2 N–H and O–H groups in total. The molecule has 0 saturated heterocycles. The van der Waals surface area contributed by atoms with E-state index >= 15 is 0 Å². The van der Waals surface area contributed by atoms with E-state index in [1.54, 1.807) is 42.5 Å². The summed E-state index contributed by atoms with van der Waals surface area (Å²) in [5.74, 6) is 0.672. The molecule has 5 heteroatoms. The van der Waals surface area contributed by atoms with Crippen LogP contribution in [-0.2, 0) is 0 Å². The van der Waals surface area contributed by atoms with Gasteiger partial charge in [0.05, 0.1) is 0 Å². The molecular formula is C15H12BrNO3. The SMILES string of the molecule is CC(=O)c1ccc(Oc2ccc(C(N)=O)cc2)cc1Br. The van der Waals surface area contributed by atoms with E-state index in [1.165, 1.54) is 6.92 Å². The molecular weight excluding hydrogens is 322 g/mol. The molecule has 0 atom stereocenters. The molecule has 0 aliphatic heterocycles. The molecule has 102 valence electrons. The van der Waals surface area contributed by atoms with Crippen LogP contribution in [0, 0.1) is 0 Å². The molecule has 0 fully saturated rings. The molecule has 2 aromatic rings. The predicted molar refractivity (Wildman–Crippen MR) is 79.2 cm³/mol. The third-order valence-corrected chi connectivity index (χ3v) is 3.35. The van der Waals surface area contributed by atoms with E-state index in [9.17, 15) is 9.59 Å². The van der Waals surface area contributed by atoms with Crippen LogP contribution in [0.1, 0.15) is 27.6 Å². The lowest BCUT2D eigenvalue weighted by molar-refractivity contribution is 0.0996. The summed E-state index contributed by atoms with van der Waals surface area (Å²) < 4.78 is 6.31. The lowest BCUT2D eigenvalue weighted by Gasteiger charge is -2.08. The van der Waals surface area contributed by atoms with Crippen molar-refractivity contribution in [2.75, 3.05) is 0 Å². The summed E-state index contributed by atoms with van der Waals surface area (Å²) in [5.41, 5.74) is 6.18. The zero-order valence-corrected chi connectivity index (χ0v) is 12.3. The zero-order chi connectivity index (χ0) is 14.7. The highest BCUT2D eigenvalue weighted by molar-refractivity contribution is 9.10. The number of halogens is 1. The molecule has 0 saturated carbocycles. The van der Waals surface area contributed by atoms with Crippen LogP contribution in [0.2, 0.25) is 0 Å². The van der Waals surface area contributed by atoms with E-state index in [0.29, 0.717) is 27.1 Å². The Bertz CT molecular complexity index is 665. The van der Waals surface area contributed by atoms with Gasteiger partial charge in [0.15, 0.2) is 5.78 Å². The van der Waals surface area contributed by atoms with Crippen LogP contribution in [-0.4, -0.2) is 11.7 Å². The fraction of sp³-hybridized carbons (Fsp3) is 0.0667. The maximum absolute atomic E-state index is 11.3. The number of rotatable bonds is 4. The van der Waals surface area contributed by atoms with Gasteiger partial charge in [-0.2, -0.15) is 0 Å². The summed E-state index contributed by atoms with van der Waals surface area (Å²) in [5, 5.41) is 0. The van der Waals surface area contributed by atoms with Gasteiger partial charge in [-0.3, -0.25) is 9.59 Å². The Morgan fingerprint density at radius 1 is 1.05 bits per heavy atom. The van der Waals surface area contributed by atoms with Crippen LogP contribution in [0.3, 0.4) is 0 Å². The van der Waals surface area contributed by atoms with Gasteiger partial charge in [-0.25, -0.2) is 0 Å². The van der Waals surface area contributed by atoms with Crippen LogP contribution in [0.25, 0.3) is 0 Å². The Morgan fingerprint density at radius 2 is 1.65 bits per heavy atom. The van der Waals surface area contributed by atoms with Crippen molar-refractivity contribution in [3.05, 3.63) is 58.1 Å². The second-order valence-electron chi connectivity index (χ2n) is 4.19. The van der Waals surface area contributed by atoms with Crippen LogP contribution in [0.4, 0.5) is 0 Å². The van der Waals surface area contributed by atoms with Gasteiger partial charge in [-0.15, -0.1) is 0 Å². The molecule has 0 radical (unpaired) electrons. The smallest absolute Gasteiger partial charge is 0.248 e. The van der Waals surface area contributed by atoms with Gasteiger partial charge < -0.3 is 10.5 Å². The summed E-state index contributed by atoms with van der Waals surface area (Å²) in [4.78, 5) is 22.3. The van der Waals surface area contributed by atoms with Gasteiger partial charge in [-0.05, 0) is 65.3 Å². The fourth-order valence-corrected chi connectivity index (χ4v) is 2.31. The lowest BCUT2D eigenvalue weighted by Crippen LogP contribution is -2.10. The van der Waals surface area contributed by atoms with E-state index < -0.39 is 5.91 Å². The maximum Gasteiger partial charge on any atom is 0.248 e. The molecule has 0 bridgehead atoms. The van der Waals surface area contributed by atoms with Gasteiger partial charge in [-0.1, -0.05) is 0 Å². The number of Topliss-reactive ketones (excluding diaryl/α,β-unsaturated/α-hetero) is 1. The number of ketones is 1. The molecule has 4 nitrogen and oxygen atoms in total. The second-order valence-corrected chi connectivity index (χ2v) is 5.04. The Labute approximate surface area is 124 Å². The summed E-state index contributed by atoms with van der Waals surface area (Å²) in [6.45, 7) is 1.50. The third-order valence-electron chi connectivity index (χ3n) is 2.69. The second kappa shape index (κ2) is 5.88. The predicted octanol–water partition coefficient (Wildman–Crippen LogP) is 3.54. The minimum atomic E-state index is -0.481. The van der Waals surface area contributed by atoms with E-state index in [0.717, 1.165) is 0 Å². The standard InChI is InChI=1S/C15H12BrNO3/c1-9(18)13-7-6-12(8-14(13)16)20-11-4-2-10(3-5-11)15(17)19/h2-8H,1H3,(H2,17,19). The van der Waals surface area contributed by atoms with Crippen LogP contribution >= 0.6 is 15.9 Å². The number of primary amides is 1. The molecule has 0 unspecified atom stereocenters. The monoisotopic (exact) mass is 333 g/mol. The topological polar surface area (TPSA) is 69.4 Å². The number of nitrogens with two attached hydrogens (primary N) is 1. The Morgan fingerprint density at radius 3 is 2.15 bits per heavy atom. The number of carbonyl (C=O) groups is 2. The number of ether oxygens (including phenoxy) is 1. The third kappa shape index (κ3) is 3.24. The molecule has 2 aromatic carbocycles.